The fourth-order valence-corrected chi connectivity index (χ4v) is 2.06. The van der Waals surface area contributed by atoms with Gasteiger partial charge in [0.1, 0.15) is 5.78 Å². The Balaban J connectivity index is 2.32. The maximum Gasteiger partial charge on any atom is 0.227 e. The molecule has 1 unspecified atom stereocenters. The second-order valence-corrected chi connectivity index (χ2v) is 5.05. The minimum atomic E-state index is -0.125. The number of carbonyl (C=O) groups is 2. The van der Waals surface area contributed by atoms with E-state index < -0.39 is 0 Å². The molecule has 14 heavy (non-hydrogen) atoms. The van der Waals surface area contributed by atoms with Crippen LogP contribution in [0.2, 0.25) is 0 Å². The monoisotopic (exact) mass is 197 g/mol. The van der Waals surface area contributed by atoms with Gasteiger partial charge in [0, 0.05) is 6.04 Å². The summed E-state index contributed by atoms with van der Waals surface area (Å²) < 4.78 is 0. The highest BCUT2D eigenvalue weighted by Gasteiger charge is 2.31. The van der Waals surface area contributed by atoms with Gasteiger partial charge in [-0.1, -0.05) is 13.8 Å². The molecule has 1 saturated carbocycles. The molecule has 0 saturated heterocycles. The maximum atomic E-state index is 11.3. The number of amides is 1. The van der Waals surface area contributed by atoms with Crippen LogP contribution in [0, 0.1) is 5.41 Å². The predicted octanol–water partition coefficient (Wildman–Crippen LogP) is 1.66. The molecule has 0 aromatic rings. The number of ketones is 1. The molecule has 1 N–H and O–H groups in total. The van der Waals surface area contributed by atoms with E-state index in [1.165, 1.54) is 6.92 Å². The van der Waals surface area contributed by atoms with E-state index in [0.717, 1.165) is 19.3 Å². The summed E-state index contributed by atoms with van der Waals surface area (Å²) in [7, 11) is 0. The average molecular weight is 197 g/mol. The van der Waals surface area contributed by atoms with Crippen LogP contribution >= 0.6 is 0 Å². The van der Waals surface area contributed by atoms with Crippen molar-refractivity contribution in [3.8, 4) is 0 Å². The van der Waals surface area contributed by atoms with E-state index in [-0.39, 0.29) is 24.2 Å². The molecule has 0 aromatic heterocycles. The highest BCUT2D eigenvalue weighted by molar-refractivity contribution is 5.96. The summed E-state index contributed by atoms with van der Waals surface area (Å²) in [6.45, 7) is 5.87. The zero-order valence-electron chi connectivity index (χ0n) is 9.22. The second kappa shape index (κ2) is 4.11. The Morgan fingerprint density at radius 1 is 1.43 bits per heavy atom. The smallest absolute Gasteiger partial charge is 0.227 e. The number of hydrogen-bond donors (Lipinski definition) is 1. The Bertz CT molecular complexity index is 246. The normalized spacial score (nSPS) is 24.6. The first kappa shape index (κ1) is 11.2. The molecule has 0 radical (unpaired) electrons. The number of hydrogen-bond acceptors (Lipinski definition) is 2. The molecule has 3 nitrogen and oxygen atoms in total. The van der Waals surface area contributed by atoms with E-state index in [9.17, 15) is 9.59 Å². The van der Waals surface area contributed by atoms with E-state index in [1.807, 2.05) is 0 Å². The number of nitrogens with one attached hydrogen (secondary N) is 1. The Kier molecular flexibility index (Phi) is 3.29. The van der Waals surface area contributed by atoms with E-state index in [0.29, 0.717) is 5.41 Å². The SMILES string of the molecule is CC(=O)CC(=O)NC1CCC(C)(C)C1. The standard InChI is InChI=1S/C11H19NO2/c1-8(13)6-10(14)12-9-4-5-11(2,3)7-9/h9H,4-7H2,1-3H3,(H,12,14). The van der Waals surface area contributed by atoms with Crippen molar-refractivity contribution in [2.75, 3.05) is 0 Å². The third kappa shape index (κ3) is 3.48. The summed E-state index contributed by atoms with van der Waals surface area (Å²) in [6.07, 6.45) is 3.24. The first-order valence-corrected chi connectivity index (χ1v) is 5.18. The molecule has 0 spiro atoms. The number of rotatable bonds is 3. The van der Waals surface area contributed by atoms with Crippen molar-refractivity contribution in [2.24, 2.45) is 5.41 Å². The van der Waals surface area contributed by atoms with Crippen LogP contribution in [0.1, 0.15) is 46.5 Å². The highest BCUT2D eigenvalue weighted by atomic mass is 16.2. The van der Waals surface area contributed by atoms with Gasteiger partial charge in [-0.15, -0.1) is 0 Å². The lowest BCUT2D eigenvalue weighted by Gasteiger charge is -2.17. The predicted molar refractivity (Wildman–Crippen MR) is 54.9 cm³/mol. The third-order valence-electron chi connectivity index (χ3n) is 2.74. The van der Waals surface area contributed by atoms with Crippen molar-refractivity contribution in [3.63, 3.8) is 0 Å². The Hall–Kier alpha value is -0.860. The molecule has 0 heterocycles. The second-order valence-electron chi connectivity index (χ2n) is 5.05. The summed E-state index contributed by atoms with van der Waals surface area (Å²) in [5.41, 5.74) is 0.341. The number of Topliss-reactive ketones (excluding diaryl/α,β-unsaturated/α-hetero) is 1. The van der Waals surface area contributed by atoms with Crippen LogP contribution in [0.15, 0.2) is 0 Å². The van der Waals surface area contributed by atoms with Crippen molar-refractivity contribution in [1.82, 2.24) is 5.32 Å². The lowest BCUT2D eigenvalue weighted by atomic mass is 9.92. The molecular weight excluding hydrogens is 178 g/mol. The largest absolute Gasteiger partial charge is 0.353 e. The summed E-state index contributed by atoms with van der Waals surface area (Å²) in [5.74, 6) is -0.194. The van der Waals surface area contributed by atoms with Crippen molar-refractivity contribution in [2.45, 2.75) is 52.5 Å². The van der Waals surface area contributed by atoms with Crippen molar-refractivity contribution < 1.29 is 9.59 Å². The van der Waals surface area contributed by atoms with E-state index in [2.05, 4.69) is 19.2 Å². The van der Waals surface area contributed by atoms with Crippen LogP contribution < -0.4 is 5.32 Å². The molecular formula is C11H19NO2. The van der Waals surface area contributed by atoms with Crippen molar-refractivity contribution in [1.29, 1.82) is 0 Å². The van der Waals surface area contributed by atoms with Crippen LogP contribution in [0.3, 0.4) is 0 Å². The molecule has 1 aliphatic carbocycles. The zero-order chi connectivity index (χ0) is 10.8. The quantitative estimate of drug-likeness (QED) is 0.699. The minimum Gasteiger partial charge on any atom is -0.353 e. The molecule has 1 aliphatic rings. The molecule has 1 fully saturated rings. The first-order chi connectivity index (χ1) is 6.39. The summed E-state index contributed by atoms with van der Waals surface area (Å²) in [6, 6.07) is 0.275. The van der Waals surface area contributed by atoms with E-state index in [1.54, 1.807) is 0 Å². The maximum absolute atomic E-state index is 11.3. The van der Waals surface area contributed by atoms with Gasteiger partial charge in [-0.2, -0.15) is 0 Å². The molecule has 0 bridgehead atoms. The van der Waals surface area contributed by atoms with Crippen LogP contribution in [-0.2, 0) is 9.59 Å². The molecule has 0 aliphatic heterocycles. The van der Waals surface area contributed by atoms with Crippen LogP contribution in [0.25, 0.3) is 0 Å². The third-order valence-corrected chi connectivity index (χ3v) is 2.74. The van der Waals surface area contributed by atoms with E-state index in [4.69, 9.17) is 0 Å². The lowest BCUT2D eigenvalue weighted by Crippen LogP contribution is -2.34. The summed E-state index contributed by atoms with van der Waals surface area (Å²) in [4.78, 5) is 22.0. The first-order valence-electron chi connectivity index (χ1n) is 5.18. The zero-order valence-corrected chi connectivity index (χ0v) is 9.22. The van der Waals surface area contributed by atoms with Gasteiger partial charge in [0.25, 0.3) is 0 Å². The van der Waals surface area contributed by atoms with Gasteiger partial charge < -0.3 is 5.32 Å². The topological polar surface area (TPSA) is 46.2 Å². The van der Waals surface area contributed by atoms with Gasteiger partial charge in [0.15, 0.2) is 0 Å². The van der Waals surface area contributed by atoms with Crippen LogP contribution in [0.4, 0.5) is 0 Å². The van der Waals surface area contributed by atoms with Crippen LogP contribution in [0.5, 0.6) is 0 Å². The fourth-order valence-electron chi connectivity index (χ4n) is 2.06. The van der Waals surface area contributed by atoms with Crippen LogP contribution in [-0.4, -0.2) is 17.7 Å². The Morgan fingerprint density at radius 2 is 2.07 bits per heavy atom. The van der Waals surface area contributed by atoms with Gasteiger partial charge in [0.05, 0.1) is 6.42 Å². The Labute approximate surface area is 85.3 Å². The highest BCUT2D eigenvalue weighted by Crippen LogP contribution is 2.36. The van der Waals surface area contributed by atoms with Crippen molar-refractivity contribution >= 4 is 11.7 Å². The molecule has 1 atom stereocenters. The summed E-state index contributed by atoms with van der Waals surface area (Å²) >= 11 is 0. The Morgan fingerprint density at radius 3 is 2.50 bits per heavy atom. The molecule has 3 heteroatoms. The van der Waals surface area contributed by atoms with Gasteiger partial charge in [-0.3, -0.25) is 9.59 Å². The molecule has 1 rings (SSSR count). The minimum absolute atomic E-state index is 0.0247. The average Bonchev–Trinajstić information content (AvgIpc) is 2.27. The van der Waals surface area contributed by atoms with Crippen molar-refractivity contribution in [3.05, 3.63) is 0 Å². The molecule has 1 amide bonds. The molecule has 0 aromatic carbocycles. The summed E-state index contributed by atoms with van der Waals surface area (Å²) in [5, 5.41) is 2.91. The fraction of sp³-hybridized carbons (Fsp3) is 0.818. The lowest BCUT2D eigenvalue weighted by molar-refractivity contribution is -0.127. The van der Waals surface area contributed by atoms with E-state index >= 15 is 0 Å². The van der Waals surface area contributed by atoms with Gasteiger partial charge in [-0.05, 0) is 31.6 Å². The van der Waals surface area contributed by atoms with Gasteiger partial charge >= 0.3 is 0 Å². The number of carbonyl (C=O) groups excluding carboxylic acids is 2. The molecule has 80 valence electrons. The van der Waals surface area contributed by atoms with Gasteiger partial charge in [0.2, 0.25) is 5.91 Å². The van der Waals surface area contributed by atoms with Gasteiger partial charge in [-0.25, -0.2) is 0 Å².